The summed E-state index contributed by atoms with van der Waals surface area (Å²) >= 11 is 0. The first-order valence-corrected chi connectivity index (χ1v) is 25.8. The molecule has 13 heteroatoms. The van der Waals surface area contributed by atoms with Crippen LogP contribution in [0.5, 0.6) is 0 Å². The number of rotatable bonds is 10. The van der Waals surface area contributed by atoms with Gasteiger partial charge < -0.3 is 20.8 Å². The van der Waals surface area contributed by atoms with Gasteiger partial charge in [-0.1, -0.05) is 67.5 Å². The van der Waals surface area contributed by atoms with E-state index in [1.165, 1.54) is 24.0 Å². The zero-order chi connectivity index (χ0) is 45.6. The molecule has 66 heavy (non-hydrogen) atoms. The molecule has 11 rings (SSSR count). The maximum Gasteiger partial charge on any atom is 0.223 e. The smallest absolute Gasteiger partial charge is 0.223 e. The predicted octanol–water partition coefficient (Wildman–Crippen LogP) is 7.47. The van der Waals surface area contributed by atoms with Crippen molar-refractivity contribution in [2.75, 3.05) is 0 Å². The van der Waals surface area contributed by atoms with Crippen LogP contribution in [0.15, 0.2) is 53.9 Å². The molecule has 6 saturated carbocycles. The number of hydrogen-bond donors (Lipinski definition) is 4. The molecular formula is C53H73N9O4. The largest absolute Gasteiger partial charge is 0.393 e. The predicted molar refractivity (Wildman–Crippen MR) is 249 cm³/mol. The Morgan fingerprint density at radius 3 is 1.52 bits per heavy atom. The van der Waals surface area contributed by atoms with Crippen LogP contribution in [0.1, 0.15) is 153 Å². The second kappa shape index (κ2) is 16.8. The second-order valence-electron chi connectivity index (χ2n) is 23.5. The molecule has 3 heterocycles. The van der Waals surface area contributed by atoms with Gasteiger partial charge in [0.1, 0.15) is 11.4 Å². The van der Waals surface area contributed by atoms with Crippen LogP contribution in [-0.2, 0) is 35.8 Å². The lowest BCUT2D eigenvalue weighted by Gasteiger charge is -2.57. The Morgan fingerprint density at radius 1 is 0.606 bits per heavy atom. The van der Waals surface area contributed by atoms with Crippen molar-refractivity contribution in [2.45, 2.75) is 169 Å². The van der Waals surface area contributed by atoms with Gasteiger partial charge in [0.15, 0.2) is 0 Å². The van der Waals surface area contributed by atoms with Gasteiger partial charge in [0.25, 0.3) is 0 Å². The van der Waals surface area contributed by atoms with E-state index in [0.717, 1.165) is 113 Å². The lowest BCUT2D eigenvalue weighted by atomic mass is 9.47. The van der Waals surface area contributed by atoms with Crippen molar-refractivity contribution in [3.8, 4) is 0 Å². The summed E-state index contributed by atoms with van der Waals surface area (Å²) in [6.07, 6.45) is 24.8. The molecule has 0 spiro atoms. The first kappa shape index (κ1) is 44.3. The van der Waals surface area contributed by atoms with Crippen molar-refractivity contribution < 1.29 is 19.8 Å². The molecule has 0 radical (unpaired) electrons. The van der Waals surface area contributed by atoms with Crippen molar-refractivity contribution in [3.63, 3.8) is 0 Å². The molecule has 0 aromatic carbocycles. The summed E-state index contributed by atoms with van der Waals surface area (Å²) < 4.78 is 3.55. The third-order valence-electron chi connectivity index (χ3n) is 20.4. The highest BCUT2D eigenvalue weighted by Gasteiger charge is 2.61. The van der Waals surface area contributed by atoms with E-state index in [-0.39, 0.29) is 57.5 Å². The Labute approximate surface area is 390 Å². The van der Waals surface area contributed by atoms with E-state index in [1.807, 2.05) is 30.6 Å². The molecule has 0 bridgehead atoms. The minimum absolute atomic E-state index is 0.00989. The zero-order valence-corrected chi connectivity index (χ0v) is 39.8. The Kier molecular flexibility index (Phi) is 11.3. The van der Waals surface area contributed by atoms with E-state index < -0.39 is 0 Å². The lowest BCUT2D eigenvalue weighted by molar-refractivity contribution is -0.132. The third-order valence-corrected chi connectivity index (χ3v) is 20.4. The third kappa shape index (κ3) is 7.51. The van der Waals surface area contributed by atoms with Gasteiger partial charge in [-0.15, -0.1) is 10.2 Å². The number of hydrogen-bond acceptors (Lipinski definition) is 9. The highest BCUT2D eigenvalue weighted by molar-refractivity contribution is 5.80. The van der Waals surface area contributed by atoms with E-state index in [0.29, 0.717) is 61.7 Å². The summed E-state index contributed by atoms with van der Waals surface area (Å²) in [6.45, 7) is 11.3. The van der Waals surface area contributed by atoms with Crippen LogP contribution < -0.4 is 10.6 Å². The van der Waals surface area contributed by atoms with E-state index in [4.69, 9.17) is 4.98 Å². The summed E-state index contributed by atoms with van der Waals surface area (Å²) in [5, 5.41) is 44.9. The van der Waals surface area contributed by atoms with Gasteiger partial charge >= 0.3 is 0 Å². The molecule has 3 aromatic heterocycles. The van der Waals surface area contributed by atoms with E-state index in [9.17, 15) is 19.8 Å². The van der Waals surface area contributed by atoms with Gasteiger partial charge in [0, 0.05) is 11.8 Å². The summed E-state index contributed by atoms with van der Waals surface area (Å²) in [5.74, 6) is 3.98. The van der Waals surface area contributed by atoms with Gasteiger partial charge in [-0.3, -0.25) is 14.6 Å². The normalized spacial score (nSPS) is 40.1. The number of allylic oxidation sites excluding steroid dienone is 2. The molecular weight excluding hydrogens is 827 g/mol. The van der Waals surface area contributed by atoms with Crippen LogP contribution in [0.25, 0.3) is 0 Å². The van der Waals surface area contributed by atoms with Crippen LogP contribution in [0.4, 0.5) is 0 Å². The summed E-state index contributed by atoms with van der Waals surface area (Å²) in [4.78, 5) is 32.6. The number of aromatic nitrogens is 7. The Balaban J connectivity index is 0.653. The van der Waals surface area contributed by atoms with Crippen molar-refractivity contribution in [1.29, 1.82) is 0 Å². The average Bonchev–Trinajstić information content (AvgIpc) is 4.10. The minimum atomic E-state index is -0.188. The Morgan fingerprint density at radius 2 is 1.06 bits per heavy atom. The molecule has 4 N–H and O–H groups in total. The van der Waals surface area contributed by atoms with Gasteiger partial charge in [0.05, 0.1) is 62.2 Å². The first-order chi connectivity index (χ1) is 31.7. The van der Waals surface area contributed by atoms with Crippen LogP contribution in [-0.4, -0.2) is 69.2 Å². The second-order valence-corrected chi connectivity index (χ2v) is 23.5. The molecule has 3 aromatic rings. The van der Waals surface area contributed by atoms with Crippen molar-refractivity contribution in [2.24, 2.45) is 69.0 Å². The van der Waals surface area contributed by atoms with Crippen molar-refractivity contribution >= 4 is 11.8 Å². The van der Waals surface area contributed by atoms with Crippen molar-refractivity contribution in [1.82, 2.24) is 45.6 Å². The molecule has 2 amide bonds. The van der Waals surface area contributed by atoms with E-state index in [2.05, 4.69) is 71.1 Å². The number of nitrogens with zero attached hydrogens (tertiary/aromatic N) is 7. The number of aliphatic hydroxyl groups is 2. The summed E-state index contributed by atoms with van der Waals surface area (Å²) in [7, 11) is 0. The fraction of sp³-hybridized carbons (Fsp3) is 0.717. The monoisotopic (exact) mass is 900 g/mol. The topological polar surface area (TPSA) is 173 Å². The molecule has 8 aliphatic carbocycles. The lowest BCUT2D eigenvalue weighted by Crippen LogP contribution is -2.51. The molecule has 0 unspecified atom stereocenters. The highest BCUT2D eigenvalue weighted by Crippen LogP contribution is 2.68. The SMILES string of the molecule is C[C@]12CC[C@H]3[C@@H](CC=C4C[C@@H](O)CC[C@@]43C)[C@@H]1CC[C@@H]2C(=O)NCc1cn(Cc2cccc(Cn3cc(CNC(=O)[C@H]4CC[C@H]5[C@@H]6CC=C7C[C@@H](O)CC[C@]7(C)[C@H]6CC[C@]45C)nn3)n2)nn1. The number of amides is 2. The van der Waals surface area contributed by atoms with Gasteiger partial charge in [-0.05, 0) is 172 Å². The molecule has 6 fully saturated rings. The van der Waals surface area contributed by atoms with Crippen LogP contribution in [0, 0.1) is 69.0 Å². The number of fused-ring (bicyclic) bond motifs is 10. The maximum atomic E-state index is 13.9. The fourth-order valence-corrected chi connectivity index (χ4v) is 16.8. The zero-order valence-electron chi connectivity index (χ0n) is 39.8. The van der Waals surface area contributed by atoms with Crippen LogP contribution in [0.2, 0.25) is 0 Å². The average molecular weight is 900 g/mol. The van der Waals surface area contributed by atoms with E-state index >= 15 is 0 Å². The van der Waals surface area contributed by atoms with Gasteiger partial charge in [-0.25, -0.2) is 9.36 Å². The Hall–Kier alpha value is -4.23. The van der Waals surface area contributed by atoms with Crippen LogP contribution >= 0.6 is 0 Å². The van der Waals surface area contributed by atoms with Gasteiger partial charge in [0.2, 0.25) is 11.8 Å². The molecule has 8 aliphatic rings. The molecule has 13 nitrogen and oxygen atoms in total. The molecule has 0 saturated heterocycles. The number of carbonyl (C=O) groups is 2. The highest BCUT2D eigenvalue weighted by atomic mass is 16.3. The fourth-order valence-electron chi connectivity index (χ4n) is 16.8. The summed E-state index contributed by atoms with van der Waals surface area (Å²) in [6, 6.07) is 5.95. The van der Waals surface area contributed by atoms with Crippen molar-refractivity contribution in [3.05, 3.63) is 76.7 Å². The molecule has 0 aliphatic heterocycles. The maximum absolute atomic E-state index is 13.9. The van der Waals surface area contributed by atoms with Gasteiger partial charge in [-0.2, -0.15) is 0 Å². The number of nitrogens with one attached hydrogen (secondary N) is 2. The quantitative estimate of drug-likeness (QED) is 0.151. The molecule has 354 valence electrons. The number of aliphatic hydroxyl groups excluding tert-OH is 2. The minimum Gasteiger partial charge on any atom is -0.393 e. The number of carbonyl (C=O) groups excluding carboxylic acids is 2. The summed E-state index contributed by atoms with van der Waals surface area (Å²) in [5.41, 5.74) is 6.56. The standard InChI is InChI=1S/C53H73N9O4/c1-50-20-16-38(63)24-32(50)8-10-40-42-12-14-46(52(42,3)22-18-44(40)50)48(65)54-26-36-30-61(59-57-36)28-34-6-5-7-35(56-34)29-62-31-37(58-60-62)27-55-49(66)47-15-13-43-41-11-9-33-25-39(64)17-21-51(33,2)45(41)19-23-53(43,47)4/h5-9,30-31,38-47,63-64H,10-29H2,1-4H3,(H,54,65)(H,55,66)/t38-,39-,40-,41-,42-,43-,44-,45-,46+,47+,50-,51-,52-,53-/m0/s1. The first-order valence-electron chi connectivity index (χ1n) is 25.8. The molecule has 14 atom stereocenters. The van der Waals surface area contributed by atoms with Crippen LogP contribution in [0.3, 0.4) is 0 Å². The van der Waals surface area contributed by atoms with E-state index in [1.54, 1.807) is 9.36 Å². The number of pyridine rings is 1. The Bertz CT molecular complexity index is 2250.